The molecular weight excluding hydrogens is 550 g/mol. The van der Waals surface area contributed by atoms with Crippen molar-refractivity contribution in [2.75, 3.05) is 38.2 Å². The lowest BCUT2D eigenvalue weighted by Crippen LogP contribution is -2.38. The Labute approximate surface area is 238 Å². The summed E-state index contributed by atoms with van der Waals surface area (Å²) < 4.78 is 41.6. The van der Waals surface area contributed by atoms with Crippen molar-refractivity contribution in [1.82, 2.24) is 44.3 Å². The van der Waals surface area contributed by atoms with Gasteiger partial charge in [-0.3, -0.25) is 19.1 Å². The van der Waals surface area contributed by atoms with Gasteiger partial charge in [0.15, 0.2) is 5.65 Å². The van der Waals surface area contributed by atoms with Gasteiger partial charge >= 0.3 is 6.61 Å². The molecule has 1 amide bonds. The van der Waals surface area contributed by atoms with Crippen molar-refractivity contribution in [2.45, 2.75) is 26.6 Å². The van der Waals surface area contributed by atoms with Gasteiger partial charge in [-0.1, -0.05) is 16.8 Å². The van der Waals surface area contributed by atoms with Crippen molar-refractivity contribution in [3.05, 3.63) is 72.1 Å². The maximum atomic E-state index is 13.3. The first-order valence-corrected chi connectivity index (χ1v) is 13.3. The highest BCUT2D eigenvalue weighted by atomic mass is 19.3. The molecule has 0 unspecified atom stereocenters. The number of benzene rings is 1. The van der Waals surface area contributed by atoms with E-state index in [1.54, 1.807) is 46.2 Å². The Morgan fingerprint density at radius 1 is 1.17 bits per heavy atom. The Morgan fingerprint density at radius 3 is 2.86 bits per heavy atom. The van der Waals surface area contributed by atoms with E-state index in [0.717, 1.165) is 38.4 Å². The highest BCUT2D eigenvalue weighted by molar-refractivity contribution is 6.09. The number of anilines is 1. The summed E-state index contributed by atoms with van der Waals surface area (Å²) >= 11 is 0. The Balaban J connectivity index is 1.28. The van der Waals surface area contributed by atoms with E-state index >= 15 is 0 Å². The van der Waals surface area contributed by atoms with Crippen LogP contribution in [0.3, 0.4) is 0 Å². The third-order valence-electron chi connectivity index (χ3n) is 6.80. The van der Waals surface area contributed by atoms with E-state index in [0.29, 0.717) is 29.1 Å². The summed E-state index contributed by atoms with van der Waals surface area (Å²) in [5, 5.41) is 20.2. The standard InChI is InChI=1S/C27H28F2N10O3/c1-18-3-4-23(42-27(28)29)20(13-18)24-22(32-26(40)21-14-31-39-6-2-5-30-25(21)39)17-38(34-24)16-19-15-37(35-33-19)8-7-36-9-11-41-12-10-36/h2-6,13-15,17,27H,7-12,16H2,1H3,(H,32,40). The quantitative estimate of drug-likeness (QED) is 0.266. The van der Waals surface area contributed by atoms with Crippen molar-refractivity contribution in [2.24, 2.45) is 0 Å². The smallest absolute Gasteiger partial charge is 0.387 e. The van der Waals surface area contributed by atoms with Gasteiger partial charge in [-0.2, -0.15) is 19.0 Å². The van der Waals surface area contributed by atoms with Crippen LogP contribution in [0.25, 0.3) is 16.9 Å². The molecule has 1 aliphatic heterocycles. The minimum absolute atomic E-state index is 0.0666. The number of hydrogen-bond acceptors (Lipinski definition) is 9. The fourth-order valence-electron chi connectivity index (χ4n) is 4.75. The summed E-state index contributed by atoms with van der Waals surface area (Å²) in [6, 6.07) is 6.50. The molecule has 0 spiro atoms. The van der Waals surface area contributed by atoms with Crippen molar-refractivity contribution >= 4 is 17.2 Å². The predicted octanol–water partition coefficient (Wildman–Crippen LogP) is 2.73. The van der Waals surface area contributed by atoms with Crippen LogP contribution in [0.4, 0.5) is 14.5 Å². The van der Waals surface area contributed by atoms with Crippen LogP contribution in [0.1, 0.15) is 21.6 Å². The summed E-state index contributed by atoms with van der Waals surface area (Å²) in [7, 11) is 0. The van der Waals surface area contributed by atoms with Crippen LogP contribution < -0.4 is 10.1 Å². The van der Waals surface area contributed by atoms with Crippen LogP contribution in [0.2, 0.25) is 0 Å². The average Bonchev–Trinajstić information content (AvgIpc) is 3.72. The van der Waals surface area contributed by atoms with Gasteiger partial charge in [0.05, 0.1) is 44.4 Å². The average molecular weight is 579 g/mol. The summed E-state index contributed by atoms with van der Waals surface area (Å²) in [5.41, 5.74) is 2.90. The Hall–Kier alpha value is -4.76. The lowest BCUT2D eigenvalue weighted by molar-refractivity contribution is -0.0494. The topological polar surface area (TPSA) is 130 Å². The number of carbonyl (C=O) groups excluding carboxylic acids is 1. The molecule has 4 aromatic heterocycles. The third-order valence-corrected chi connectivity index (χ3v) is 6.80. The van der Waals surface area contributed by atoms with Crippen molar-refractivity contribution in [3.8, 4) is 17.0 Å². The molecule has 42 heavy (non-hydrogen) atoms. The number of nitrogens with one attached hydrogen (secondary N) is 1. The second-order valence-electron chi connectivity index (χ2n) is 9.79. The van der Waals surface area contributed by atoms with Crippen LogP contribution in [-0.2, 0) is 17.8 Å². The van der Waals surface area contributed by atoms with Gasteiger partial charge in [0.25, 0.3) is 5.91 Å². The summed E-state index contributed by atoms with van der Waals surface area (Å²) in [4.78, 5) is 19.9. The highest BCUT2D eigenvalue weighted by Crippen LogP contribution is 2.36. The van der Waals surface area contributed by atoms with Crippen molar-refractivity contribution in [1.29, 1.82) is 0 Å². The second-order valence-corrected chi connectivity index (χ2v) is 9.79. The first-order valence-electron chi connectivity index (χ1n) is 13.3. The molecule has 5 heterocycles. The van der Waals surface area contributed by atoms with E-state index in [-0.39, 0.29) is 23.6 Å². The molecule has 1 aliphatic rings. The molecule has 1 fully saturated rings. The SMILES string of the molecule is Cc1ccc(OC(F)F)c(-c2nn(Cc3cn(CCN4CCOCC4)nn3)cc2NC(=O)c2cnn3cccnc23)c1. The number of aromatic nitrogens is 8. The van der Waals surface area contributed by atoms with Gasteiger partial charge in [0.1, 0.15) is 22.7 Å². The number of nitrogens with zero attached hydrogens (tertiary/aromatic N) is 9. The Morgan fingerprint density at radius 2 is 2.02 bits per heavy atom. The van der Waals surface area contributed by atoms with E-state index in [4.69, 9.17) is 9.47 Å². The van der Waals surface area contributed by atoms with Crippen LogP contribution in [0, 0.1) is 6.92 Å². The number of carbonyl (C=O) groups is 1. The first-order chi connectivity index (χ1) is 20.4. The molecule has 1 N–H and O–H groups in total. The number of morpholine rings is 1. The molecule has 0 bridgehead atoms. The van der Waals surface area contributed by atoms with Crippen LogP contribution in [-0.4, -0.2) is 89.6 Å². The number of ether oxygens (including phenoxy) is 2. The van der Waals surface area contributed by atoms with Gasteiger partial charge in [-0.15, -0.1) is 5.10 Å². The molecule has 6 rings (SSSR count). The number of rotatable bonds is 10. The molecular formula is C27H28F2N10O3. The first kappa shape index (κ1) is 27.4. The van der Waals surface area contributed by atoms with Crippen LogP contribution in [0.5, 0.6) is 5.75 Å². The minimum Gasteiger partial charge on any atom is -0.434 e. The lowest BCUT2D eigenvalue weighted by atomic mass is 10.1. The molecule has 0 atom stereocenters. The zero-order valence-electron chi connectivity index (χ0n) is 22.7. The maximum Gasteiger partial charge on any atom is 0.387 e. The zero-order chi connectivity index (χ0) is 29.1. The largest absolute Gasteiger partial charge is 0.434 e. The molecule has 0 radical (unpaired) electrons. The number of hydrogen-bond donors (Lipinski definition) is 1. The van der Waals surface area contributed by atoms with Gasteiger partial charge in [-0.05, 0) is 25.1 Å². The van der Waals surface area contributed by atoms with Crippen molar-refractivity contribution < 1.29 is 23.0 Å². The van der Waals surface area contributed by atoms with E-state index in [2.05, 4.69) is 35.7 Å². The molecule has 13 nitrogen and oxygen atoms in total. The van der Waals surface area contributed by atoms with Gasteiger partial charge < -0.3 is 14.8 Å². The van der Waals surface area contributed by atoms with E-state index in [9.17, 15) is 13.6 Å². The number of aryl methyl sites for hydroxylation is 1. The fraction of sp³-hybridized carbons (Fsp3) is 0.333. The second kappa shape index (κ2) is 12.0. The van der Waals surface area contributed by atoms with Gasteiger partial charge in [0.2, 0.25) is 0 Å². The molecule has 218 valence electrons. The summed E-state index contributed by atoms with van der Waals surface area (Å²) in [6.07, 6.45) is 8.11. The van der Waals surface area contributed by atoms with E-state index in [1.807, 2.05) is 13.1 Å². The number of amides is 1. The minimum atomic E-state index is -3.04. The monoisotopic (exact) mass is 578 g/mol. The molecule has 1 aromatic carbocycles. The van der Waals surface area contributed by atoms with E-state index < -0.39 is 12.5 Å². The maximum absolute atomic E-state index is 13.3. The zero-order valence-corrected chi connectivity index (χ0v) is 22.7. The van der Waals surface area contributed by atoms with E-state index in [1.165, 1.54) is 16.8 Å². The summed E-state index contributed by atoms with van der Waals surface area (Å²) in [6.45, 7) is 3.73. The van der Waals surface area contributed by atoms with Crippen molar-refractivity contribution in [3.63, 3.8) is 0 Å². The van der Waals surface area contributed by atoms with Gasteiger partial charge in [0, 0.05) is 43.8 Å². The third kappa shape index (κ3) is 6.11. The predicted molar refractivity (Wildman–Crippen MR) is 146 cm³/mol. The molecule has 0 saturated carbocycles. The number of alkyl halides is 2. The fourth-order valence-corrected chi connectivity index (χ4v) is 4.75. The Bertz CT molecular complexity index is 1690. The number of halogens is 2. The molecule has 1 saturated heterocycles. The number of fused-ring (bicyclic) bond motifs is 1. The van der Waals surface area contributed by atoms with Crippen LogP contribution >= 0.6 is 0 Å². The Kier molecular flexibility index (Phi) is 7.83. The summed E-state index contributed by atoms with van der Waals surface area (Å²) in [5.74, 6) is -0.550. The van der Waals surface area contributed by atoms with Gasteiger partial charge in [-0.25, -0.2) is 9.50 Å². The normalized spacial score (nSPS) is 14.1. The molecule has 0 aliphatic carbocycles. The molecule has 15 heteroatoms. The van der Waals surface area contributed by atoms with Crippen LogP contribution in [0.15, 0.2) is 55.2 Å². The lowest BCUT2D eigenvalue weighted by Gasteiger charge is -2.26. The highest BCUT2D eigenvalue weighted by Gasteiger charge is 2.22. The molecule has 5 aromatic rings.